The summed E-state index contributed by atoms with van der Waals surface area (Å²) in [5.74, 6) is -0.443. The highest BCUT2D eigenvalue weighted by molar-refractivity contribution is 5.95. The molecule has 0 spiro atoms. The van der Waals surface area contributed by atoms with E-state index in [4.69, 9.17) is 5.73 Å². The molecule has 0 aliphatic carbocycles. The van der Waals surface area contributed by atoms with Gasteiger partial charge in [-0.05, 0) is 63.7 Å². The van der Waals surface area contributed by atoms with Gasteiger partial charge in [-0.15, -0.1) is 0 Å². The molecular formula is C25H29FN6O. The Kier molecular flexibility index (Phi) is 6.65. The Hall–Kier alpha value is -3.39. The first-order chi connectivity index (χ1) is 15.9. The third kappa shape index (κ3) is 4.71. The molecule has 2 aromatic heterocycles. The number of rotatable bonds is 5. The van der Waals surface area contributed by atoms with Crippen molar-refractivity contribution in [3.8, 4) is 22.4 Å². The summed E-state index contributed by atoms with van der Waals surface area (Å²) in [7, 11) is 3.83. The van der Waals surface area contributed by atoms with Crippen LogP contribution in [0.3, 0.4) is 0 Å². The van der Waals surface area contributed by atoms with Crippen molar-refractivity contribution in [1.82, 2.24) is 24.8 Å². The van der Waals surface area contributed by atoms with Crippen molar-refractivity contribution in [2.45, 2.75) is 32.2 Å². The van der Waals surface area contributed by atoms with Gasteiger partial charge in [0.25, 0.3) is 5.91 Å². The van der Waals surface area contributed by atoms with E-state index < -0.39 is 5.82 Å². The Morgan fingerprint density at radius 2 is 1.88 bits per heavy atom. The maximum absolute atomic E-state index is 15.2. The molecule has 0 atom stereocenters. The van der Waals surface area contributed by atoms with E-state index in [1.165, 1.54) is 12.4 Å². The normalized spacial score (nSPS) is 14.9. The van der Waals surface area contributed by atoms with Gasteiger partial charge < -0.3 is 15.5 Å². The van der Waals surface area contributed by atoms with Gasteiger partial charge in [-0.2, -0.15) is 0 Å². The quantitative estimate of drug-likeness (QED) is 0.641. The van der Waals surface area contributed by atoms with Crippen LogP contribution >= 0.6 is 0 Å². The van der Waals surface area contributed by atoms with Gasteiger partial charge >= 0.3 is 0 Å². The number of aromatic nitrogens is 3. The first kappa shape index (κ1) is 22.8. The zero-order valence-electron chi connectivity index (χ0n) is 19.3. The molecule has 1 aliphatic rings. The largest absolute Gasteiger partial charge is 0.384 e. The van der Waals surface area contributed by atoms with Crippen LogP contribution < -0.4 is 5.73 Å². The standard InChI is InChI=1S/C25H29FN6O/c1-4-21-23(17-6-8-22(27)28-14-17)24(30-15-29-21)16-5-7-19(20(26)13-16)25(33)32(3)18-9-11-31(2)12-10-18/h5-8,13-15,18H,4,9-12H2,1-3H3,(H2,27,28). The molecule has 1 aromatic carbocycles. The molecule has 3 aromatic rings. The monoisotopic (exact) mass is 448 g/mol. The number of piperidine rings is 1. The van der Waals surface area contributed by atoms with Gasteiger partial charge in [0.15, 0.2) is 0 Å². The summed E-state index contributed by atoms with van der Waals surface area (Å²) in [5.41, 5.74) is 9.40. The number of nitrogens with zero attached hydrogens (tertiary/aromatic N) is 5. The van der Waals surface area contributed by atoms with Crippen LogP contribution in [-0.4, -0.2) is 63.9 Å². The Morgan fingerprint density at radius 3 is 2.52 bits per heavy atom. The number of halogens is 1. The van der Waals surface area contributed by atoms with Crippen LogP contribution in [0.4, 0.5) is 10.2 Å². The van der Waals surface area contributed by atoms with Gasteiger partial charge in [0.05, 0.1) is 17.0 Å². The number of hydrogen-bond acceptors (Lipinski definition) is 6. The van der Waals surface area contributed by atoms with Crippen LogP contribution in [-0.2, 0) is 6.42 Å². The summed E-state index contributed by atoms with van der Waals surface area (Å²) in [6, 6.07) is 8.37. The minimum absolute atomic E-state index is 0.0700. The van der Waals surface area contributed by atoms with E-state index in [9.17, 15) is 4.79 Å². The van der Waals surface area contributed by atoms with Crippen molar-refractivity contribution in [1.29, 1.82) is 0 Å². The Bertz CT molecular complexity index is 1140. The van der Waals surface area contributed by atoms with Gasteiger partial charge in [0.1, 0.15) is 18.0 Å². The molecule has 1 aliphatic heterocycles. The summed E-state index contributed by atoms with van der Waals surface area (Å²) in [4.78, 5) is 30.0. The molecule has 0 unspecified atom stereocenters. The van der Waals surface area contributed by atoms with Crippen molar-refractivity contribution >= 4 is 11.7 Å². The number of nitrogens with two attached hydrogens (primary N) is 1. The van der Waals surface area contributed by atoms with Crippen molar-refractivity contribution in [3.05, 3.63) is 59.9 Å². The fourth-order valence-corrected chi connectivity index (χ4v) is 4.34. The Labute approximate surface area is 193 Å². The fraction of sp³-hybridized carbons (Fsp3) is 0.360. The topological polar surface area (TPSA) is 88.2 Å². The maximum Gasteiger partial charge on any atom is 0.256 e. The predicted octanol–water partition coefficient (Wildman–Crippen LogP) is 3.66. The SMILES string of the molecule is CCc1ncnc(-c2ccc(C(=O)N(C)C3CCN(C)CC3)c(F)c2)c1-c1ccc(N)nc1. The lowest BCUT2D eigenvalue weighted by molar-refractivity contribution is 0.0655. The second kappa shape index (κ2) is 9.62. The third-order valence-corrected chi connectivity index (χ3v) is 6.36. The average Bonchev–Trinajstić information content (AvgIpc) is 2.83. The summed E-state index contributed by atoms with van der Waals surface area (Å²) >= 11 is 0. The number of hydrogen-bond donors (Lipinski definition) is 1. The molecule has 4 rings (SSSR count). The minimum Gasteiger partial charge on any atom is -0.384 e. The summed E-state index contributed by atoms with van der Waals surface area (Å²) < 4.78 is 15.2. The molecule has 172 valence electrons. The third-order valence-electron chi connectivity index (χ3n) is 6.36. The number of nitrogen functional groups attached to an aromatic ring is 1. The highest BCUT2D eigenvalue weighted by Crippen LogP contribution is 2.33. The molecule has 1 saturated heterocycles. The molecule has 0 saturated carbocycles. The van der Waals surface area contributed by atoms with E-state index in [2.05, 4.69) is 26.9 Å². The fourth-order valence-electron chi connectivity index (χ4n) is 4.34. The van der Waals surface area contributed by atoms with Crippen molar-refractivity contribution in [2.75, 3.05) is 32.9 Å². The number of benzene rings is 1. The van der Waals surface area contributed by atoms with E-state index in [1.54, 1.807) is 36.3 Å². The first-order valence-corrected chi connectivity index (χ1v) is 11.2. The molecule has 8 heteroatoms. The molecule has 0 radical (unpaired) electrons. The van der Waals surface area contributed by atoms with E-state index in [1.807, 2.05) is 13.0 Å². The molecule has 33 heavy (non-hydrogen) atoms. The molecule has 1 fully saturated rings. The van der Waals surface area contributed by atoms with Crippen LogP contribution in [0.2, 0.25) is 0 Å². The van der Waals surface area contributed by atoms with Crippen LogP contribution in [0.5, 0.6) is 0 Å². The molecule has 1 amide bonds. The van der Waals surface area contributed by atoms with Crippen LogP contribution in [0, 0.1) is 5.82 Å². The Balaban J connectivity index is 1.67. The second-order valence-corrected chi connectivity index (χ2v) is 8.51. The number of anilines is 1. The van der Waals surface area contributed by atoms with Gasteiger partial charge in [0, 0.05) is 36.0 Å². The lowest BCUT2D eigenvalue weighted by Gasteiger charge is -2.35. The van der Waals surface area contributed by atoms with Gasteiger partial charge in [-0.3, -0.25) is 4.79 Å². The van der Waals surface area contributed by atoms with Gasteiger partial charge in [-0.25, -0.2) is 19.3 Å². The zero-order valence-corrected chi connectivity index (χ0v) is 19.3. The summed E-state index contributed by atoms with van der Waals surface area (Å²) in [5, 5.41) is 0. The molecule has 3 heterocycles. The van der Waals surface area contributed by atoms with Crippen LogP contribution in [0.25, 0.3) is 22.4 Å². The number of likely N-dealkylation sites (tertiary alicyclic amines) is 1. The van der Waals surface area contributed by atoms with Crippen molar-refractivity contribution < 1.29 is 9.18 Å². The summed E-state index contributed by atoms with van der Waals surface area (Å²) in [6.07, 6.45) is 5.60. The van der Waals surface area contributed by atoms with Gasteiger partial charge in [-0.1, -0.05) is 13.0 Å². The predicted molar refractivity (Wildman–Crippen MR) is 127 cm³/mol. The van der Waals surface area contributed by atoms with Crippen LogP contribution in [0.1, 0.15) is 35.8 Å². The second-order valence-electron chi connectivity index (χ2n) is 8.51. The first-order valence-electron chi connectivity index (χ1n) is 11.2. The van der Waals surface area contributed by atoms with E-state index in [0.29, 0.717) is 23.5 Å². The van der Waals surface area contributed by atoms with E-state index in [0.717, 1.165) is 42.8 Å². The van der Waals surface area contributed by atoms with Crippen molar-refractivity contribution in [2.24, 2.45) is 0 Å². The van der Waals surface area contributed by atoms with E-state index >= 15 is 4.39 Å². The molecule has 7 nitrogen and oxygen atoms in total. The number of pyridine rings is 1. The Morgan fingerprint density at radius 1 is 1.15 bits per heavy atom. The number of amides is 1. The number of aryl methyl sites for hydroxylation is 1. The highest BCUT2D eigenvalue weighted by Gasteiger charge is 2.26. The average molecular weight is 449 g/mol. The smallest absolute Gasteiger partial charge is 0.256 e. The van der Waals surface area contributed by atoms with Gasteiger partial charge in [0.2, 0.25) is 0 Å². The number of carbonyl (C=O) groups is 1. The minimum atomic E-state index is -0.560. The maximum atomic E-state index is 15.2. The highest BCUT2D eigenvalue weighted by atomic mass is 19.1. The molecule has 2 N–H and O–H groups in total. The van der Waals surface area contributed by atoms with Crippen molar-refractivity contribution in [3.63, 3.8) is 0 Å². The van der Waals surface area contributed by atoms with Crippen LogP contribution in [0.15, 0.2) is 42.9 Å². The van der Waals surface area contributed by atoms with E-state index in [-0.39, 0.29) is 17.5 Å². The zero-order chi connectivity index (χ0) is 23.5. The molecule has 0 bridgehead atoms. The lowest BCUT2D eigenvalue weighted by atomic mass is 9.96. The lowest BCUT2D eigenvalue weighted by Crippen LogP contribution is -2.44. The summed E-state index contributed by atoms with van der Waals surface area (Å²) in [6.45, 7) is 3.86. The number of carbonyl (C=O) groups excluding carboxylic acids is 1. The molecular weight excluding hydrogens is 419 g/mol.